The molecule has 0 aliphatic carbocycles. The molecule has 18 unspecified atom stereocenters. The zero-order chi connectivity index (χ0) is 48.8. The van der Waals surface area contributed by atoms with Crippen molar-refractivity contribution < 1.29 is 84.8 Å². The zero-order valence-electron chi connectivity index (χ0n) is 37.8. The number of allylic oxidation sites excluding steroid dienone is 10. The maximum absolute atomic E-state index is 12.9. The third-order valence-corrected chi connectivity index (χ3v) is 11.7. The van der Waals surface area contributed by atoms with E-state index in [1.165, 1.54) is 13.0 Å². The average molecular weight is 926 g/mol. The third-order valence-electron chi connectivity index (χ3n) is 11.7. The van der Waals surface area contributed by atoms with Crippen LogP contribution in [0.15, 0.2) is 72.9 Å². The van der Waals surface area contributed by atoms with Crippen LogP contribution in [0.5, 0.6) is 0 Å². The highest BCUT2D eigenvalue weighted by molar-refractivity contribution is 5.81. The number of aliphatic carboxylic acids is 1. The highest BCUT2D eigenvalue weighted by Gasteiger charge is 2.43. The molecule has 0 aromatic rings. The Kier molecular flexibility index (Phi) is 26.6. The SMILES string of the molecule is CC1/C=C/C=C/CC/C=C/C=C/C=C/C=C/C(OC2OC(C)C(O)C(N)C2O)CC(O)C(C(=O)O)C(O)CC(=O)CC(O)C(O)CCC(O)CC(O)CC(O)CC(=O)OC(C)C(C)C1O. The summed E-state index contributed by atoms with van der Waals surface area (Å²) in [6, 6.07) is -1.15. The smallest absolute Gasteiger partial charge is 0.311 e. The number of ketones is 1. The van der Waals surface area contributed by atoms with E-state index in [1.54, 1.807) is 44.2 Å². The number of hydrogen-bond donors (Lipinski definition) is 12. The average Bonchev–Trinajstić information content (AvgIpc) is 3.22. The summed E-state index contributed by atoms with van der Waals surface area (Å²) >= 11 is 0. The van der Waals surface area contributed by atoms with Gasteiger partial charge < -0.3 is 76.1 Å². The monoisotopic (exact) mass is 926 g/mol. The summed E-state index contributed by atoms with van der Waals surface area (Å²) in [5.41, 5.74) is 5.96. The third kappa shape index (κ3) is 21.4. The van der Waals surface area contributed by atoms with Crippen molar-refractivity contribution in [1.29, 1.82) is 0 Å². The summed E-state index contributed by atoms with van der Waals surface area (Å²) in [7, 11) is 0. The second kappa shape index (κ2) is 30.0. The van der Waals surface area contributed by atoms with Crippen molar-refractivity contribution in [1.82, 2.24) is 0 Å². The van der Waals surface area contributed by atoms with Gasteiger partial charge in [0, 0.05) is 31.1 Å². The Hall–Kier alpha value is -3.47. The Morgan fingerprint density at radius 1 is 0.615 bits per heavy atom. The molecule has 0 saturated carbocycles. The number of carbonyl (C=O) groups is 3. The fourth-order valence-corrected chi connectivity index (χ4v) is 7.45. The number of aliphatic hydroxyl groups is 10. The highest BCUT2D eigenvalue weighted by atomic mass is 16.7. The first kappa shape index (κ1) is 57.7. The van der Waals surface area contributed by atoms with Crippen LogP contribution < -0.4 is 5.73 Å². The molecule has 0 aromatic heterocycles. The van der Waals surface area contributed by atoms with E-state index >= 15 is 0 Å². The van der Waals surface area contributed by atoms with Crippen molar-refractivity contribution >= 4 is 17.7 Å². The quantitative estimate of drug-likeness (QED) is 0.174. The van der Waals surface area contributed by atoms with Crippen LogP contribution in [-0.4, -0.2) is 166 Å². The van der Waals surface area contributed by atoms with Crippen molar-refractivity contribution in [2.45, 2.75) is 184 Å². The normalized spacial score (nSPS) is 42.5. The lowest BCUT2D eigenvalue weighted by molar-refractivity contribution is -0.277. The Bertz CT molecular complexity index is 1600. The molecule has 2 heterocycles. The first-order valence-corrected chi connectivity index (χ1v) is 22.4. The number of carboxylic acid groups (broad SMARTS) is 1. The van der Waals surface area contributed by atoms with Gasteiger partial charge in [-0.1, -0.05) is 86.8 Å². The van der Waals surface area contributed by atoms with Crippen LogP contribution in [0, 0.1) is 17.8 Å². The predicted octanol–water partition coefficient (Wildman–Crippen LogP) is 0.778. The van der Waals surface area contributed by atoms with Gasteiger partial charge in [-0.05, 0) is 52.4 Å². The van der Waals surface area contributed by atoms with Crippen molar-refractivity contribution in [3.8, 4) is 0 Å². The van der Waals surface area contributed by atoms with Gasteiger partial charge in [-0.3, -0.25) is 14.4 Å². The molecule has 370 valence electrons. The molecule has 0 spiro atoms. The number of hydrogen-bond acceptors (Lipinski definition) is 17. The summed E-state index contributed by atoms with van der Waals surface area (Å²) in [5, 5.41) is 116. The summed E-state index contributed by atoms with van der Waals surface area (Å²) in [6.07, 6.45) is 0.848. The van der Waals surface area contributed by atoms with Gasteiger partial charge in [0.25, 0.3) is 0 Å². The number of carbonyl (C=O) groups excluding carboxylic acids is 2. The van der Waals surface area contributed by atoms with Gasteiger partial charge in [0.2, 0.25) is 0 Å². The number of esters is 1. The van der Waals surface area contributed by atoms with Gasteiger partial charge in [0.15, 0.2) is 6.29 Å². The maximum atomic E-state index is 12.9. The molecule has 1 saturated heterocycles. The summed E-state index contributed by atoms with van der Waals surface area (Å²) < 4.78 is 17.0. The highest BCUT2D eigenvalue weighted by Crippen LogP contribution is 2.26. The van der Waals surface area contributed by atoms with E-state index in [1.807, 2.05) is 43.4 Å². The van der Waals surface area contributed by atoms with Gasteiger partial charge in [-0.15, -0.1) is 0 Å². The molecule has 0 aromatic carbocycles. The molecule has 18 atom stereocenters. The molecule has 18 nitrogen and oxygen atoms in total. The molecule has 2 aliphatic heterocycles. The molecular weight excluding hydrogens is 851 g/mol. The molecule has 2 aliphatic rings. The first-order valence-electron chi connectivity index (χ1n) is 22.4. The second-order valence-electron chi connectivity index (χ2n) is 17.4. The van der Waals surface area contributed by atoms with Crippen LogP contribution in [0.1, 0.15) is 91.9 Å². The Morgan fingerprint density at radius 3 is 1.83 bits per heavy atom. The summed E-state index contributed by atoms with van der Waals surface area (Å²) in [6.45, 7) is 6.73. The van der Waals surface area contributed by atoms with Gasteiger partial charge in [-0.2, -0.15) is 0 Å². The molecule has 18 heteroatoms. The Morgan fingerprint density at radius 2 is 1.18 bits per heavy atom. The van der Waals surface area contributed by atoms with Crippen LogP contribution >= 0.6 is 0 Å². The molecule has 1 fully saturated rings. The number of Topliss-reactive ketones (excluding diaryl/α,β-unsaturated/α-hetero) is 1. The van der Waals surface area contributed by atoms with Crippen LogP contribution in [-0.2, 0) is 28.6 Å². The van der Waals surface area contributed by atoms with Gasteiger partial charge in [-0.25, -0.2) is 0 Å². The van der Waals surface area contributed by atoms with Gasteiger partial charge in [0.05, 0.1) is 79.6 Å². The van der Waals surface area contributed by atoms with Crippen LogP contribution in [0.2, 0.25) is 0 Å². The standard InChI is InChI=1S/C47H75NO17/c1-27-17-15-13-11-9-7-5-6-8-10-12-14-16-18-35(65-47-45(60)42(48)44(59)30(4)64-47)26-39(56)41(46(61)62)38(55)24-34(52)23-37(54)36(53)20-19-31(49)21-32(50)22-33(51)25-40(57)63-29(3)28(2)43(27)58/h5-6,8,10-18,27-33,35-39,41-45,47,49-51,53-56,58-60H,7,9,19-26,48H2,1-4H3,(H,61,62)/b6-5+,10-8+,13-11+,14-12+,17-15+,18-16+. The second-order valence-corrected chi connectivity index (χ2v) is 17.4. The minimum Gasteiger partial charge on any atom is -0.481 e. The van der Waals surface area contributed by atoms with Crippen molar-refractivity contribution in [2.75, 3.05) is 0 Å². The zero-order valence-corrected chi connectivity index (χ0v) is 37.8. The maximum Gasteiger partial charge on any atom is 0.311 e. The molecule has 0 amide bonds. The Balaban J connectivity index is 2.26. The van der Waals surface area contributed by atoms with Crippen molar-refractivity contribution in [2.24, 2.45) is 23.5 Å². The topological polar surface area (TPSA) is 327 Å². The van der Waals surface area contributed by atoms with Crippen LogP contribution in [0.4, 0.5) is 0 Å². The fraction of sp³-hybridized carbons (Fsp3) is 0.681. The van der Waals surface area contributed by atoms with Gasteiger partial charge >= 0.3 is 11.9 Å². The number of ether oxygens (including phenoxy) is 3. The van der Waals surface area contributed by atoms with Crippen LogP contribution in [0.25, 0.3) is 0 Å². The van der Waals surface area contributed by atoms with E-state index in [4.69, 9.17) is 19.9 Å². The minimum absolute atomic E-state index is 0.144. The van der Waals surface area contributed by atoms with E-state index in [9.17, 15) is 70.6 Å². The summed E-state index contributed by atoms with van der Waals surface area (Å²) in [5.74, 6) is -5.88. The van der Waals surface area contributed by atoms with Crippen molar-refractivity contribution in [3.05, 3.63) is 72.9 Å². The fourth-order valence-electron chi connectivity index (χ4n) is 7.45. The number of aliphatic hydroxyl groups excluding tert-OH is 10. The van der Waals surface area contributed by atoms with Crippen molar-refractivity contribution in [3.63, 3.8) is 0 Å². The number of carboxylic acids is 1. The molecule has 65 heavy (non-hydrogen) atoms. The van der Waals surface area contributed by atoms with E-state index in [-0.39, 0.29) is 31.6 Å². The predicted molar refractivity (Wildman–Crippen MR) is 238 cm³/mol. The molecule has 0 bridgehead atoms. The number of nitrogens with two attached hydrogens (primary N) is 1. The Labute approximate surface area is 381 Å². The lowest BCUT2D eigenvalue weighted by Crippen LogP contribution is -2.61. The van der Waals surface area contributed by atoms with Crippen LogP contribution in [0.3, 0.4) is 0 Å². The molecule has 13 N–H and O–H groups in total. The molecule has 2 rings (SSSR count). The largest absolute Gasteiger partial charge is 0.481 e. The number of cyclic esters (lactones) is 1. The summed E-state index contributed by atoms with van der Waals surface area (Å²) in [4.78, 5) is 37.8. The number of rotatable bonds is 3. The minimum atomic E-state index is -1.95. The molecular formula is C47H75NO17. The van der Waals surface area contributed by atoms with E-state index in [2.05, 4.69) is 0 Å². The van der Waals surface area contributed by atoms with Gasteiger partial charge in [0.1, 0.15) is 23.9 Å². The van der Waals surface area contributed by atoms with E-state index in [0.29, 0.717) is 0 Å². The lowest BCUT2D eigenvalue weighted by atomic mass is 9.88. The first-order chi connectivity index (χ1) is 30.6. The van der Waals surface area contributed by atoms with E-state index in [0.717, 1.165) is 12.8 Å². The lowest BCUT2D eigenvalue weighted by Gasteiger charge is -2.41. The molecule has 0 radical (unpaired) electrons. The van der Waals surface area contributed by atoms with E-state index < -0.39 is 147 Å².